The molecule has 6 nitrogen and oxygen atoms in total. The second-order valence-corrected chi connectivity index (χ2v) is 6.90. The summed E-state index contributed by atoms with van der Waals surface area (Å²) >= 11 is 0. The predicted molar refractivity (Wildman–Crippen MR) is 98.7 cm³/mol. The summed E-state index contributed by atoms with van der Waals surface area (Å²) in [7, 11) is 0. The molecule has 2 N–H and O–H groups in total. The van der Waals surface area contributed by atoms with Crippen LogP contribution >= 0.6 is 0 Å². The maximum absolute atomic E-state index is 14.7. The highest BCUT2D eigenvalue weighted by Gasteiger charge is 2.28. The van der Waals surface area contributed by atoms with E-state index in [1.165, 1.54) is 0 Å². The zero-order valence-electron chi connectivity index (χ0n) is 15.2. The number of nitrogens with two attached hydrogens (primary N) is 1. The minimum absolute atomic E-state index is 0.0809. The van der Waals surface area contributed by atoms with Gasteiger partial charge in [-0.1, -0.05) is 12.1 Å². The van der Waals surface area contributed by atoms with Crippen molar-refractivity contribution in [1.82, 2.24) is 15.1 Å². The second-order valence-electron chi connectivity index (χ2n) is 6.90. The quantitative estimate of drug-likeness (QED) is 0.777. The molecule has 1 aromatic carbocycles. The van der Waals surface area contributed by atoms with E-state index in [0.29, 0.717) is 29.6 Å². The zero-order chi connectivity index (χ0) is 18.4. The molecule has 1 unspecified atom stereocenters. The number of nitrogens with zero attached hydrogens (tertiary/aromatic N) is 4. The Hall–Kier alpha value is -2.54. The minimum Gasteiger partial charge on any atom is -0.354 e. The molecule has 1 atom stereocenters. The Bertz CT molecular complexity index is 984. The molecule has 7 heteroatoms. The van der Waals surface area contributed by atoms with Gasteiger partial charge in [-0.05, 0) is 49.9 Å². The van der Waals surface area contributed by atoms with Crippen LogP contribution in [0.25, 0.3) is 22.4 Å². The van der Waals surface area contributed by atoms with E-state index in [-0.39, 0.29) is 11.9 Å². The van der Waals surface area contributed by atoms with Gasteiger partial charge in [0.2, 0.25) is 0 Å². The van der Waals surface area contributed by atoms with E-state index in [1.807, 2.05) is 19.9 Å². The molecular weight excluding hydrogens is 333 g/mol. The van der Waals surface area contributed by atoms with E-state index >= 15 is 0 Å². The number of fused-ring (bicyclic) bond motifs is 1. The van der Waals surface area contributed by atoms with Crippen molar-refractivity contribution in [1.29, 1.82) is 0 Å². The normalized spacial score (nSPS) is 17.4. The van der Waals surface area contributed by atoms with Crippen LogP contribution < -0.4 is 10.6 Å². The number of rotatable bonds is 3. The SMILES string of the molecule is CCc1cc(F)c2nc(N3CCC(N)C3)c(-c3nc(C)no3)c(C)c2c1. The van der Waals surface area contributed by atoms with E-state index < -0.39 is 0 Å². The van der Waals surface area contributed by atoms with Gasteiger partial charge >= 0.3 is 0 Å². The van der Waals surface area contributed by atoms with Crippen molar-refractivity contribution < 1.29 is 8.91 Å². The first-order valence-electron chi connectivity index (χ1n) is 8.91. The number of aromatic nitrogens is 3. The molecule has 0 aliphatic carbocycles. The molecule has 136 valence electrons. The van der Waals surface area contributed by atoms with Gasteiger partial charge in [-0.2, -0.15) is 4.98 Å². The van der Waals surface area contributed by atoms with Crippen LogP contribution in [0.5, 0.6) is 0 Å². The van der Waals surface area contributed by atoms with Gasteiger partial charge in [0.15, 0.2) is 5.82 Å². The third-order valence-electron chi connectivity index (χ3n) is 5.02. The fourth-order valence-corrected chi connectivity index (χ4v) is 3.59. The van der Waals surface area contributed by atoms with Crippen LogP contribution in [0.1, 0.15) is 30.3 Å². The Morgan fingerprint density at radius 3 is 2.73 bits per heavy atom. The molecule has 1 fully saturated rings. The summed E-state index contributed by atoms with van der Waals surface area (Å²) in [6.07, 6.45) is 1.63. The molecular formula is C19H22FN5O. The lowest BCUT2D eigenvalue weighted by molar-refractivity contribution is 0.425. The first-order chi connectivity index (χ1) is 12.5. The molecule has 0 saturated carbocycles. The van der Waals surface area contributed by atoms with E-state index in [1.54, 1.807) is 13.0 Å². The van der Waals surface area contributed by atoms with Crippen molar-refractivity contribution >= 4 is 16.7 Å². The van der Waals surface area contributed by atoms with Crippen LogP contribution in [0.15, 0.2) is 16.7 Å². The largest absolute Gasteiger partial charge is 0.354 e. The number of hydrogen-bond acceptors (Lipinski definition) is 6. The second kappa shape index (κ2) is 6.32. The van der Waals surface area contributed by atoms with Gasteiger partial charge in [0.1, 0.15) is 17.2 Å². The average molecular weight is 355 g/mol. The van der Waals surface area contributed by atoms with Crippen molar-refractivity contribution in [3.63, 3.8) is 0 Å². The number of pyridine rings is 1. The minimum atomic E-state index is -0.305. The Kier molecular flexibility index (Phi) is 4.11. The summed E-state index contributed by atoms with van der Waals surface area (Å²) in [6.45, 7) is 7.18. The molecule has 3 aromatic rings. The summed E-state index contributed by atoms with van der Waals surface area (Å²) in [5.74, 6) is 1.32. The summed E-state index contributed by atoms with van der Waals surface area (Å²) in [5, 5.41) is 4.69. The fourth-order valence-electron chi connectivity index (χ4n) is 3.59. The van der Waals surface area contributed by atoms with Gasteiger partial charge in [-0.15, -0.1) is 0 Å². The summed E-state index contributed by atoms with van der Waals surface area (Å²) < 4.78 is 20.2. The van der Waals surface area contributed by atoms with Crippen molar-refractivity contribution in [3.8, 4) is 11.5 Å². The van der Waals surface area contributed by atoms with Crippen molar-refractivity contribution in [2.24, 2.45) is 5.73 Å². The van der Waals surface area contributed by atoms with Gasteiger partial charge in [-0.25, -0.2) is 9.37 Å². The number of aryl methyl sites for hydroxylation is 3. The number of anilines is 1. The topological polar surface area (TPSA) is 81.1 Å². The Labute approximate surface area is 151 Å². The van der Waals surface area contributed by atoms with Crippen LogP contribution in [-0.4, -0.2) is 34.3 Å². The molecule has 0 radical (unpaired) electrons. The van der Waals surface area contributed by atoms with Crippen LogP contribution in [0.4, 0.5) is 10.2 Å². The summed E-state index contributed by atoms with van der Waals surface area (Å²) in [4.78, 5) is 11.2. The van der Waals surface area contributed by atoms with E-state index in [9.17, 15) is 4.39 Å². The number of hydrogen-bond donors (Lipinski definition) is 1. The van der Waals surface area contributed by atoms with Crippen LogP contribution in [0.3, 0.4) is 0 Å². The number of benzene rings is 1. The lowest BCUT2D eigenvalue weighted by Crippen LogP contribution is -2.27. The van der Waals surface area contributed by atoms with Crippen molar-refractivity contribution in [2.75, 3.05) is 18.0 Å². The molecule has 0 spiro atoms. The molecule has 3 heterocycles. The Balaban J connectivity index is 2.02. The first-order valence-corrected chi connectivity index (χ1v) is 8.91. The van der Waals surface area contributed by atoms with Gasteiger partial charge in [0, 0.05) is 24.5 Å². The van der Waals surface area contributed by atoms with E-state index in [0.717, 1.165) is 41.5 Å². The molecule has 1 aliphatic rings. The van der Waals surface area contributed by atoms with Crippen molar-refractivity contribution in [2.45, 2.75) is 39.7 Å². The van der Waals surface area contributed by atoms with Crippen LogP contribution in [0, 0.1) is 19.7 Å². The highest BCUT2D eigenvalue weighted by Crippen LogP contribution is 2.38. The smallest absolute Gasteiger partial charge is 0.261 e. The Morgan fingerprint density at radius 1 is 1.31 bits per heavy atom. The van der Waals surface area contributed by atoms with Gasteiger partial charge < -0.3 is 15.2 Å². The van der Waals surface area contributed by atoms with Gasteiger partial charge in [0.05, 0.1) is 5.56 Å². The van der Waals surface area contributed by atoms with Crippen LogP contribution in [0.2, 0.25) is 0 Å². The summed E-state index contributed by atoms with van der Waals surface area (Å²) in [5.41, 5.74) is 9.04. The molecule has 4 rings (SSSR count). The predicted octanol–water partition coefficient (Wildman–Crippen LogP) is 3.14. The molecule has 0 bridgehead atoms. The molecule has 2 aromatic heterocycles. The number of halogens is 1. The van der Waals surface area contributed by atoms with Crippen LogP contribution in [-0.2, 0) is 6.42 Å². The van der Waals surface area contributed by atoms with E-state index in [2.05, 4.69) is 20.0 Å². The average Bonchev–Trinajstić information content (AvgIpc) is 3.23. The fraction of sp³-hybridized carbons (Fsp3) is 0.421. The molecule has 1 aliphatic heterocycles. The van der Waals surface area contributed by atoms with Gasteiger partial charge in [-0.3, -0.25) is 0 Å². The lowest BCUT2D eigenvalue weighted by atomic mass is 10.00. The van der Waals surface area contributed by atoms with Gasteiger partial charge in [0.25, 0.3) is 5.89 Å². The monoisotopic (exact) mass is 355 g/mol. The highest BCUT2D eigenvalue weighted by molar-refractivity contribution is 5.93. The van der Waals surface area contributed by atoms with E-state index in [4.69, 9.17) is 10.3 Å². The standard InChI is InChI=1S/C19H22FN5O/c1-4-12-7-14-10(2)16(19-22-11(3)24-26-19)18(23-17(14)15(20)8-12)25-6-5-13(21)9-25/h7-8,13H,4-6,9,21H2,1-3H3. The molecule has 26 heavy (non-hydrogen) atoms. The zero-order valence-corrected chi connectivity index (χ0v) is 15.2. The summed E-state index contributed by atoms with van der Waals surface area (Å²) in [6, 6.07) is 3.63. The molecule has 0 amide bonds. The first kappa shape index (κ1) is 16.9. The third kappa shape index (κ3) is 2.72. The highest BCUT2D eigenvalue weighted by atomic mass is 19.1. The molecule has 1 saturated heterocycles. The Morgan fingerprint density at radius 2 is 2.12 bits per heavy atom. The van der Waals surface area contributed by atoms with Crippen molar-refractivity contribution in [3.05, 3.63) is 34.9 Å². The lowest BCUT2D eigenvalue weighted by Gasteiger charge is -2.22. The maximum Gasteiger partial charge on any atom is 0.261 e. The third-order valence-corrected chi connectivity index (χ3v) is 5.02. The maximum atomic E-state index is 14.7.